The van der Waals surface area contributed by atoms with Gasteiger partial charge in [0.2, 0.25) is 0 Å². The van der Waals surface area contributed by atoms with Gasteiger partial charge in [0.1, 0.15) is 28.5 Å². The molecule has 1 atom stereocenters. The maximum Gasteiger partial charge on any atom is 0.163 e. The van der Waals surface area contributed by atoms with Crippen molar-refractivity contribution in [3.05, 3.63) is 28.3 Å². The molecule has 5 nitrogen and oxygen atoms in total. The molecule has 2 aromatic rings. The molecule has 0 unspecified atom stereocenters. The van der Waals surface area contributed by atoms with Crippen LogP contribution in [0.15, 0.2) is 12.1 Å². The molecule has 0 amide bonds. The molecule has 0 bridgehead atoms. The van der Waals surface area contributed by atoms with E-state index in [9.17, 15) is 0 Å². The van der Waals surface area contributed by atoms with Crippen molar-refractivity contribution in [2.75, 3.05) is 13.2 Å². The number of ether oxygens (including phenoxy) is 3. The van der Waals surface area contributed by atoms with Gasteiger partial charge < -0.3 is 14.2 Å². The van der Waals surface area contributed by atoms with Gasteiger partial charge in [0, 0.05) is 12.0 Å². The van der Waals surface area contributed by atoms with E-state index >= 15 is 0 Å². The monoisotopic (exact) mass is 388 g/mol. The molecule has 2 heterocycles. The van der Waals surface area contributed by atoms with Gasteiger partial charge in [-0.3, -0.25) is 0 Å². The van der Waals surface area contributed by atoms with E-state index in [-0.39, 0.29) is 6.10 Å². The standard InChI is InChI=1S/C21H28N2O3S/c1-13-9-16(20-23-22-18(27-20)8-7-15-5-6-15)10-14(2)19(13)24-11-17-12-25-21(3,4)26-17/h9-10,15,17H,5-8,11-12H2,1-4H3/t17-/m0/s1. The SMILES string of the molecule is Cc1cc(-c2nnc(CCC3CC3)s2)cc(C)c1OC[C@H]1COC(C)(C)O1. The van der Waals surface area contributed by atoms with Crippen LogP contribution in [0.4, 0.5) is 0 Å². The van der Waals surface area contributed by atoms with Crippen molar-refractivity contribution in [1.82, 2.24) is 10.2 Å². The molecule has 1 aliphatic heterocycles. The molecule has 2 fully saturated rings. The molecule has 0 N–H and O–H groups in total. The highest BCUT2D eigenvalue weighted by molar-refractivity contribution is 7.14. The van der Waals surface area contributed by atoms with Gasteiger partial charge in [-0.05, 0) is 63.3 Å². The van der Waals surface area contributed by atoms with Gasteiger partial charge >= 0.3 is 0 Å². The largest absolute Gasteiger partial charge is 0.490 e. The zero-order chi connectivity index (χ0) is 19.0. The fraction of sp³-hybridized carbons (Fsp3) is 0.619. The highest BCUT2D eigenvalue weighted by Gasteiger charge is 2.33. The predicted octanol–water partition coefficient (Wildman–Crippen LogP) is 4.69. The summed E-state index contributed by atoms with van der Waals surface area (Å²) in [5.41, 5.74) is 3.34. The lowest BCUT2D eigenvalue weighted by atomic mass is 10.1. The topological polar surface area (TPSA) is 53.5 Å². The van der Waals surface area contributed by atoms with Crippen LogP contribution in [0.3, 0.4) is 0 Å². The van der Waals surface area contributed by atoms with E-state index in [4.69, 9.17) is 14.2 Å². The minimum absolute atomic E-state index is 0.0318. The number of benzene rings is 1. The second kappa shape index (κ2) is 7.49. The summed E-state index contributed by atoms with van der Waals surface area (Å²) in [6, 6.07) is 4.28. The highest BCUT2D eigenvalue weighted by atomic mass is 32.1. The molecule has 2 aliphatic rings. The van der Waals surface area contributed by atoms with E-state index in [1.165, 1.54) is 19.3 Å². The van der Waals surface area contributed by atoms with E-state index in [0.29, 0.717) is 13.2 Å². The maximum atomic E-state index is 6.08. The molecule has 6 heteroatoms. The molecular formula is C21H28N2O3S. The lowest BCUT2D eigenvalue weighted by Crippen LogP contribution is -2.25. The third-order valence-electron chi connectivity index (χ3n) is 5.12. The van der Waals surface area contributed by atoms with Crippen LogP contribution in [0.1, 0.15) is 49.2 Å². The van der Waals surface area contributed by atoms with Crippen LogP contribution in [0, 0.1) is 19.8 Å². The first-order chi connectivity index (χ1) is 12.9. The van der Waals surface area contributed by atoms with Gasteiger partial charge in [0.25, 0.3) is 0 Å². The van der Waals surface area contributed by atoms with E-state index in [1.54, 1.807) is 11.3 Å². The fourth-order valence-electron chi connectivity index (χ4n) is 3.53. The van der Waals surface area contributed by atoms with Gasteiger partial charge in [-0.15, -0.1) is 10.2 Å². The summed E-state index contributed by atoms with van der Waals surface area (Å²) in [6.07, 6.45) is 5.06. The number of aryl methyl sites for hydroxylation is 3. The van der Waals surface area contributed by atoms with Gasteiger partial charge in [-0.2, -0.15) is 0 Å². The summed E-state index contributed by atoms with van der Waals surface area (Å²) in [5, 5.41) is 10.9. The van der Waals surface area contributed by atoms with Crippen molar-refractivity contribution in [2.45, 2.75) is 65.3 Å². The number of aromatic nitrogens is 2. The smallest absolute Gasteiger partial charge is 0.163 e. The summed E-state index contributed by atoms with van der Waals surface area (Å²) >= 11 is 1.71. The zero-order valence-electron chi connectivity index (χ0n) is 16.6. The average molecular weight is 389 g/mol. The lowest BCUT2D eigenvalue weighted by Gasteiger charge is -2.18. The minimum Gasteiger partial charge on any atom is -0.490 e. The number of rotatable bonds is 7. The third kappa shape index (κ3) is 4.68. The Morgan fingerprint density at radius 1 is 1.19 bits per heavy atom. The Labute approximate surface area is 165 Å². The van der Waals surface area contributed by atoms with E-state index in [1.807, 2.05) is 13.8 Å². The van der Waals surface area contributed by atoms with Crippen molar-refractivity contribution in [1.29, 1.82) is 0 Å². The Morgan fingerprint density at radius 2 is 1.93 bits per heavy atom. The van der Waals surface area contributed by atoms with Crippen LogP contribution < -0.4 is 4.74 Å². The molecule has 4 rings (SSSR count). The fourth-order valence-corrected chi connectivity index (χ4v) is 4.37. The van der Waals surface area contributed by atoms with Crippen LogP contribution in [-0.4, -0.2) is 35.3 Å². The molecule has 1 aromatic carbocycles. The summed E-state index contributed by atoms with van der Waals surface area (Å²) in [6.45, 7) is 9.08. The van der Waals surface area contributed by atoms with Crippen LogP contribution >= 0.6 is 11.3 Å². The summed E-state index contributed by atoms with van der Waals surface area (Å²) in [7, 11) is 0. The van der Waals surface area contributed by atoms with Gasteiger partial charge in [-0.25, -0.2) is 0 Å². The van der Waals surface area contributed by atoms with Crippen LogP contribution in [0.25, 0.3) is 10.6 Å². The van der Waals surface area contributed by atoms with Crippen LogP contribution in [-0.2, 0) is 15.9 Å². The molecular weight excluding hydrogens is 360 g/mol. The van der Waals surface area contributed by atoms with Gasteiger partial charge in [0.05, 0.1) is 6.61 Å². The van der Waals surface area contributed by atoms with Gasteiger partial charge in [0.15, 0.2) is 5.79 Å². The number of hydrogen-bond donors (Lipinski definition) is 0. The van der Waals surface area contributed by atoms with E-state index < -0.39 is 5.79 Å². The first-order valence-electron chi connectivity index (χ1n) is 9.78. The first-order valence-corrected chi connectivity index (χ1v) is 10.6. The molecule has 27 heavy (non-hydrogen) atoms. The number of hydrogen-bond acceptors (Lipinski definition) is 6. The van der Waals surface area contributed by atoms with Crippen LogP contribution in [0.5, 0.6) is 5.75 Å². The first kappa shape index (κ1) is 18.8. The molecule has 1 aromatic heterocycles. The molecule has 1 saturated carbocycles. The maximum absolute atomic E-state index is 6.08. The van der Waals surface area contributed by atoms with Crippen molar-refractivity contribution >= 4 is 11.3 Å². The van der Waals surface area contributed by atoms with Crippen molar-refractivity contribution in [2.24, 2.45) is 5.92 Å². The Morgan fingerprint density at radius 3 is 2.56 bits per heavy atom. The summed E-state index contributed by atoms with van der Waals surface area (Å²) in [5.74, 6) is 1.33. The normalized spacial score (nSPS) is 21.6. The summed E-state index contributed by atoms with van der Waals surface area (Å²) in [4.78, 5) is 0. The molecule has 0 radical (unpaired) electrons. The van der Waals surface area contributed by atoms with Crippen LogP contribution in [0.2, 0.25) is 0 Å². The second-order valence-corrected chi connectivity index (χ2v) is 9.25. The van der Waals surface area contributed by atoms with Gasteiger partial charge in [-0.1, -0.05) is 24.2 Å². The minimum atomic E-state index is -0.517. The van der Waals surface area contributed by atoms with E-state index in [0.717, 1.165) is 44.8 Å². The predicted molar refractivity (Wildman–Crippen MR) is 106 cm³/mol. The molecule has 146 valence electrons. The highest BCUT2D eigenvalue weighted by Crippen LogP contribution is 2.35. The number of nitrogens with zero attached hydrogens (tertiary/aromatic N) is 2. The third-order valence-corrected chi connectivity index (χ3v) is 6.15. The van der Waals surface area contributed by atoms with E-state index in [2.05, 4.69) is 36.2 Å². The summed E-state index contributed by atoms with van der Waals surface area (Å²) < 4.78 is 17.5. The second-order valence-electron chi connectivity index (χ2n) is 8.18. The Bertz CT molecular complexity index is 791. The molecule has 1 aliphatic carbocycles. The van der Waals surface area contributed by atoms with Crippen molar-refractivity contribution in [3.8, 4) is 16.3 Å². The zero-order valence-corrected chi connectivity index (χ0v) is 17.4. The Balaban J connectivity index is 1.42. The quantitative estimate of drug-likeness (QED) is 0.688. The molecule has 1 saturated heterocycles. The Hall–Kier alpha value is -1.50. The Kier molecular flexibility index (Phi) is 5.23. The van der Waals surface area contributed by atoms with Crippen molar-refractivity contribution in [3.63, 3.8) is 0 Å². The lowest BCUT2D eigenvalue weighted by molar-refractivity contribution is -0.141. The molecule has 0 spiro atoms. The van der Waals surface area contributed by atoms with Crippen molar-refractivity contribution < 1.29 is 14.2 Å². The average Bonchev–Trinajstić information content (AvgIpc) is 3.20.